The number of rotatable bonds is 14. The van der Waals surface area contributed by atoms with Crippen molar-refractivity contribution >= 4 is 50.7 Å². The molecule has 0 aliphatic carbocycles. The Kier molecular flexibility index (Phi) is 11.9. The first-order chi connectivity index (χ1) is 19.5. The molecule has 0 spiro atoms. The molecule has 8 nitrogen and oxygen atoms in total. The summed E-state index contributed by atoms with van der Waals surface area (Å²) in [7, 11) is -3.88. The summed E-state index contributed by atoms with van der Waals surface area (Å²) >= 11 is 12.6. The second-order valence-corrected chi connectivity index (χ2v) is 12.2. The highest BCUT2D eigenvalue weighted by Gasteiger charge is 2.33. The molecule has 11 heteroatoms. The van der Waals surface area contributed by atoms with Crippen molar-refractivity contribution in [1.29, 1.82) is 0 Å². The summed E-state index contributed by atoms with van der Waals surface area (Å²) in [6, 6.07) is 19.7. The summed E-state index contributed by atoms with van der Waals surface area (Å²) in [6.45, 7) is 4.11. The number of carbonyl (C=O) groups is 2. The maximum atomic E-state index is 14.1. The van der Waals surface area contributed by atoms with Gasteiger partial charge in [0.25, 0.3) is 0 Å². The molecule has 0 radical (unpaired) electrons. The third kappa shape index (κ3) is 9.38. The van der Waals surface area contributed by atoms with Crippen LogP contribution in [0.4, 0.5) is 5.69 Å². The average molecular weight is 621 g/mol. The third-order valence-corrected chi connectivity index (χ3v) is 8.02. The second kappa shape index (κ2) is 15.1. The predicted octanol–water partition coefficient (Wildman–Crippen LogP) is 5.32. The Labute approximate surface area is 252 Å². The molecule has 0 aliphatic rings. The van der Waals surface area contributed by atoms with Crippen LogP contribution in [0.1, 0.15) is 31.4 Å². The van der Waals surface area contributed by atoms with Crippen molar-refractivity contribution in [3.63, 3.8) is 0 Å². The largest absolute Gasteiger partial charge is 0.494 e. The number of carbonyl (C=O) groups excluding carboxylic acids is 2. The monoisotopic (exact) mass is 619 g/mol. The summed E-state index contributed by atoms with van der Waals surface area (Å²) < 4.78 is 32.3. The van der Waals surface area contributed by atoms with Crippen molar-refractivity contribution in [3.8, 4) is 5.75 Å². The number of amides is 2. The number of hydrogen-bond donors (Lipinski definition) is 1. The van der Waals surface area contributed by atoms with Gasteiger partial charge in [0, 0.05) is 29.6 Å². The summed E-state index contributed by atoms with van der Waals surface area (Å²) in [5.41, 5.74) is 1.71. The van der Waals surface area contributed by atoms with Gasteiger partial charge in [-0.05, 0) is 60.9 Å². The van der Waals surface area contributed by atoms with Crippen LogP contribution in [0.15, 0.2) is 72.8 Å². The molecule has 220 valence electrons. The predicted molar refractivity (Wildman–Crippen MR) is 164 cm³/mol. The SMILES string of the molecule is CCCNC(=O)[C@@H](Cc1ccccc1)N(Cc1ccc(Cl)cc1Cl)C(=O)CN(c1ccc(OCC)cc1)S(C)(=O)=O. The molecule has 0 unspecified atom stereocenters. The third-order valence-electron chi connectivity index (χ3n) is 6.29. The Morgan fingerprint density at radius 1 is 0.976 bits per heavy atom. The Morgan fingerprint density at radius 2 is 1.66 bits per heavy atom. The number of benzene rings is 3. The van der Waals surface area contributed by atoms with Crippen molar-refractivity contribution in [2.45, 2.75) is 39.3 Å². The van der Waals surface area contributed by atoms with E-state index in [-0.39, 0.29) is 18.9 Å². The van der Waals surface area contributed by atoms with Crippen LogP contribution < -0.4 is 14.4 Å². The van der Waals surface area contributed by atoms with Crippen LogP contribution in [0.3, 0.4) is 0 Å². The number of ether oxygens (including phenoxy) is 1. The molecular weight excluding hydrogens is 585 g/mol. The van der Waals surface area contributed by atoms with Gasteiger partial charge in [-0.25, -0.2) is 8.42 Å². The lowest BCUT2D eigenvalue weighted by Gasteiger charge is -2.33. The number of hydrogen-bond acceptors (Lipinski definition) is 5. The highest BCUT2D eigenvalue weighted by atomic mass is 35.5. The van der Waals surface area contributed by atoms with Gasteiger partial charge in [-0.3, -0.25) is 13.9 Å². The lowest BCUT2D eigenvalue weighted by Crippen LogP contribution is -2.53. The zero-order valence-corrected chi connectivity index (χ0v) is 25.7. The maximum Gasteiger partial charge on any atom is 0.244 e. The van der Waals surface area contributed by atoms with Gasteiger partial charge in [0.05, 0.1) is 18.6 Å². The minimum absolute atomic E-state index is 0.0350. The average Bonchev–Trinajstić information content (AvgIpc) is 2.94. The van der Waals surface area contributed by atoms with Gasteiger partial charge in [-0.2, -0.15) is 0 Å². The number of halogens is 2. The van der Waals surface area contributed by atoms with E-state index < -0.39 is 28.5 Å². The zero-order chi connectivity index (χ0) is 30.0. The van der Waals surface area contributed by atoms with E-state index in [0.29, 0.717) is 46.6 Å². The quantitative estimate of drug-likeness (QED) is 0.263. The normalized spacial score (nSPS) is 11.9. The van der Waals surface area contributed by atoms with E-state index in [2.05, 4.69) is 5.32 Å². The molecule has 3 aromatic carbocycles. The summed E-state index contributed by atoms with van der Waals surface area (Å²) in [6.07, 6.45) is 1.96. The fourth-order valence-electron chi connectivity index (χ4n) is 4.24. The minimum Gasteiger partial charge on any atom is -0.494 e. The topological polar surface area (TPSA) is 96.0 Å². The first-order valence-electron chi connectivity index (χ1n) is 13.3. The van der Waals surface area contributed by atoms with E-state index in [1.54, 1.807) is 42.5 Å². The molecular formula is C30H35Cl2N3O5S. The van der Waals surface area contributed by atoms with Crippen molar-refractivity contribution < 1.29 is 22.7 Å². The van der Waals surface area contributed by atoms with E-state index in [1.807, 2.05) is 44.2 Å². The maximum absolute atomic E-state index is 14.1. The van der Waals surface area contributed by atoms with Gasteiger partial charge in [0.2, 0.25) is 21.8 Å². The first-order valence-corrected chi connectivity index (χ1v) is 15.9. The number of nitrogens with one attached hydrogen (secondary N) is 1. The van der Waals surface area contributed by atoms with Crippen molar-refractivity contribution in [1.82, 2.24) is 10.2 Å². The van der Waals surface area contributed by atoms with Crippen LogP contribution in [-0.4, -0.2) is 57.1 Å². The smallest absolute Gasteiger partial charge is 0.244 e. The fraction of sp³-hybridized carbons (Fsp3) is 0.333. The van der Waals surface area contributed by atoms with Crippen LogP contribution in [-0.2, 0) is 32.6 Å². The van der Waals surface area contributed by atoms with E-state index in [0.717, 1.165) is 16.1 Å². The van der Waals surface area contributed by atoms with E-state index in [4.69, 9.17) is 27.9 Å². The van der Waals surface area contributed by atoms with Crippen LogP contribution in [0.5, 0.6) is 5.75 Å². The van der Waals surface area contributed by atoms with Gasteiger partial charge in [-0.15, -0.1) is 0 Å². The molecule has 0 saturated carbocycles. The molecule has 0 aromatic heterocycles. The number of sulfonamides is 1. The summed E-state index contributed by atoms with van der Waals surface area (Å²) in [4.78, 5) is 29.0. The Hall–Kier alpha value is -3.27. The summed E-state index contributed by atoms with van der Waals surface area (Å²) in [5.74, 6) is -0.338. The highest BCUT2D eigenvalue weighted by molar-refractivity contribution is 7.92. The van der Waals surface area contributed by atoms with Crippen molar-refractivity contribution in [2.24, 2.45) is 0 Å². The molecule has 3 aromatic rings. The Morgan fingerprint density at radius 3 is 2.24 bits per heavy atom. The van der Waals surface area contributed by atoms with Crippen LogP contribution >= 0.6 is 23.2 Å². The van der Waals surface area contributed by atoms with Gasteiger partial charge in [-0.1, -0.05) is 66.5 Å². The van der Waals surface area contributed by atoms with Crippen LogP contribution in [0.2, 0.25) is 10.0 Å². The molecule has 0 aliphatic heterocycles. The molecule has 41 heavy (non-hydrogen) atoms. The van der Waals surface area contributed by atoms with Crippen molar-refractivity contribution in [2.75, 3.05) is 30.3 Å². The lowest BCUT2D eigenvalue weighted by molar-refractivity contribution is -0.140. The van der Waals surface area contributed by atoms with E-state index in [9.17, 15) is 18.0 Å². The van der Waals surface area contributed by atoms with Gasteiger partial charge in [0.15, 0.2) is 0 Å². The molecule has 0 fully saturated rings. The van der Waals surface area contributed by atoms with Crippen LogP contribution in [0.25, 0.3) is 0 Å². The standard InChI is InChI=1S/C30H35Cl2N3O5S/c1-4-17-33-30(37)28(18-22-9-7-6-8-10-22)34(20-23-11-12-24(31)19-27(23)32)29(36)21-35(41(3,38)39)25-13-15-26(16-14-25)40-5-2/h6-16,19,28H,4-5,17-18,20-21H2,1-3H3,(H,33,37)/t28-/m1/s1. The van der Waals surface area contributed by atoms with Gasteiger partial charge in [0.1, 0.15) is 18.3 Å². The molecule has 3 rings (SSSR count). The molecule has 1 atom stereocenters. The Bertz CT molecular complexity index is 1420. The Balaban J connectivity index is 2.04. The summed E-state index contributed by atoms with van der Waals surface area (Å²) in [5, 5.41) is 3.65. The molecule has 0 saturated heterocycles. The number of nitrogens with zero attached hydrogens (tertiary/aromatic N) is 2. The van der Waals surface area contributed by atoms with Gasteiger partial charge >= 0.3 is 0 Å². The van der Waals surface area contributed by atoms with E-state index >= 15 is 0 Å². The number of anilines is 1. The second-order valence-electron chi connectivity index (χ2n) is 9.45. The fourth-order valence-corrected chi connectivity index (χ4v) is 5.56. The van der Waals surface area contributed by atoms with Crippen LogP contribution in [0, 0.1) is 0 Å². The lowest BCUT2D eigenvalue weighted by atomic mass is 10.0. The van der Waals surface area contributed by atoms with Crippen molar-refractivity contribution in [3.05, 3.63) is 94.0 Å². The van der Waals surface area contributed by atoms with E-state index in [1.165, 1.54) is 4.90 Å². The zero-order valence-electron chi connectivity index (χ0n) is 23.3. The minimum atomic E-state index is -3.88. The highest BCUT2D eigenvalue weighted by Crippen LogP contribution is 2.26. The molecule has 0 heterocycles. The van der Waals surface area contributed by atoms with Gasteiger partial charge < -0.3 is 15.0 Å². The first kappa shape index (κ1) is 32.2. The molecule has 2 amide bonds. The molecule has 0 bridgehead atoms. The molecule has 1 N–H and O–H groups in total.